The minimum atomic E-state index is -0.663. The van der Waals surface area contributed by atoms with Crippen molar-refractivity contribution in [3.05, 3.63) is 58.0 Å². The van der Waals surface area contributed by atoms with Crippen LogP contribution in [0.4, 0.5) is 14.5 Å². The van der Waals surface area contributed by atoms with Gasteiger partial charge in [0.2, 0.25) is 5.91 Å². The Morgan fingerprint density at radius 3 is 2.77 bits per heavy atom. The molecule has 0 bridgehead atoms. The van der Waals surface area contributed by atoms with Crippen LogP contribution < -0.4 is 15.8 Å². The van der Waals surface area contributed by atoms with Crippen LogP contribution in [-0.2, 0) is 11.3 Å². The topological polar surface area (TPSA) is 78.1 Å². The predicted octanol–water partition coefficient (Wildman–Crippen LogP) is 1.97. The maximum absolute atomic E-state index is 13.2. The lowest BCUT2D eigenvalue weighted by molar-refractivity contribution is -0.122. The number of benzene rings is 1. The zero-order valence-corrected chi connectivity index (χ0v) is 14.2. The fourth-order valence-electron chi connectivity index (χ4n) is 3.25. The van der Waals surface area contributed by atoms with Crippen molar-refractivity contribution in [2.75, 3.05) is 18.0 Å². The van der Waals surface area contributed by atoms with E-state index in [0.29, 0.717) is 18.5 Å². The molecule has 0 saturated carbocycles. The van der Waals surface area contributed by atoms with Crippen molar-refractivity contribution >= 4 is 11.6 Å². The molecule has 2 heterocycles. The Balaban J connectivity index is 1.53. The minimum absolute atomic E-state index is 0.0852. The predicted molar refractivity (Wildman–Crippen MR) is 92.6 cm³/mol. The zero-order chi connectivity index (χ0) is 18.5. The third-order valence-electron chi connectivity index (χ3n) is 4.42. The molecule has 2 N–H and O–H groups in total. The van der Waals surface area contributed by atoms with Crippen molar-refractivity contribution in [1.29, 1.82) is 0 Å². The van der Waals surface area contributed by atoms with Crippen LogP contribution in [0.15, 0.2) is 35.3 Å². The normalized spacial score (nSPS) is 17.2. The van der Waals surface area contributed by atoms with E-state index in [-0.39, 0.29) is 23.9 Å². The van der Waals surface area contributed by atoms with E-state index in [1.165, 1.54) is 18.2 Å². The van der Waals surface area contributed by atoms with Crippen molar-refractivity contribution in [3.8, 4) is 0 Å². The van der Waals surface area contributed by atoms with E-state index in [9.17, 15) is 18.4 Å². The van der Waals surface area contributed by atoms with Crippen LogP contribution in [0.1, 0.15) is 24.8 Å². The molecule has 8 heteroatoms. The third kappa shape index (κ3) is 4.87. The van der Waals surface area contributed by atoms with Gasteiger partial charge in [0.25, 0.3) is 5.56 Å². The number of aromatic nitrogens is 2. The van der Waals surface area contributed by atoms with E-state index >= 15 is 0 Å². The lowest BCUT2D eigenvalue weighted by Gasteiger charge is -2.33. The Bertz CT molecular complexity index is 820. The molecule has 1 aromatic carbocycles. The summed E-state index contributed by atoms with van der Waals surface area (Å²) in [5, 5.41) is 8.85. The van der Waals surface area contributed by atoms with E-state index in [1.54, 1.807) is 6.20 Å². The number of anilines is 1. The van der Waals surface area contributed by atoms with Crippen molar-refractivity contribution in [2.45, 2.75) is 25.8 Å². The number of rotatable bonds is 5. The number of aromatic amines is 1. The summed E-state index contributed by atoms with van der Waals surface area (Å²) in [5.74, 6) is -1.34. The Morgan fingerprint density at radius 2 is 2.04 bits per heavy atom. The molecule has 0 aliphatic carbocycles. The molecule has 138 valence electrons. The number of amides is 1. The van der Waals surface area contributed by atoms with Crippen LogP contribution in [0, 0.1) is 17.6 Å². The van der Waals surface area contributed by atoms with Crippen molar-refractivity contribution in [3.63, 3.8) is 0 Å². The molecule has 1 saturated heterocycles. The second kappa shape index (κ2) is 8.07. The molecular weight excluding hydrogens is 342 g/mol. The van der Waals surface area contributed by atoms with Crippen LogP contribution in [-0.4, -0.2) is 29.2 Å². The van der Waals surface area contributed by atoms with E-state index in [2.05, 4.69) is 15.5 Å². The lowest BCUT2D eigenvalue weighted by Crippen LogP contribution is -2.38. The third-order valence-corrected chi connectivity index (χ3v) is 4.42. The Labute approximate surface area is 149 Å². The molecule has 3 rings (SSSR count). The van der Waals surface area contributed by atoms with Gasteiger partial charge in [-0.2, -0.15) is 5.10 Å². The molecule has 0 spiro atoms. The van der Waals surface area contributed by atoms with E-state index in [4.69, 9.17) is 0 Å². The van der Waals surface area contributed by atoms with Gasteiger partial charge in [-0.05, 0) is 36.5 Å². The Kier molecular flexibility index (Phi) is 5.60. The van der Waals surface area contributed by atoms with Crippen molar-refractivity contribution in [1.82, 2.24) is 15.5 Å². The summed E-state index contributed by atoms with van der Waals surface area (Å²) in [6.07, 6.45) is 3.75. The molecule has 1 atom stereocenters. The monoisotopic (exact) mass is 362 g/mol. The summed E-state index contributed by atoms with van der Waals surface area (Å²) in [5.41, 5.74) is 0.870. The number of carbonyl (C=O) groups excluding carboxylic acids is 1. The highest BCUT2D eigenvalue weighted by atomic mass is 19.1. The van der Waals surface area contributed by atoms with Crippen molar-refractivity contribution in [2.24, 2.45) is 5.92 Å². The first-order chi connectivity index (χ1) is 12.5. The maximum Gasteiger partial charge on any atom is 0.266 e. The maximum atomic E-state index is 13.2. The number of H-pyrrole nitrogens is 1. The second-order valence-electron chi connectivity index (χ2n) is 6.52. The standard InChI is InChI=1S/C18H20F2N4O2/c19-14-4-13(5-15(20)7-14)9-21-17(25)6-12-2-1-3-24(11-12)16-8-18(26)23-22-10-16/h4-5,7-8,10,12H,1-3,6,9,11H2,(H,21,25)(H,23,26). The number of nitrogens with one attached hydrogen (secondary N) is 2. The van der Waals surface area contributed by atoms with Gasteiger partial charge in [-0.3, -0.25) is 9.59 Å². The van der Waals surface area contributed by atoms with Crippen LogP contribution in [0.25, 0.3) is 0 Å². The summed E-state index contributed by atoms with van der Waals surface area (Å²) in [6, 6.07) is 4.69. The number of carbonyl (C=O) groups is 1. The van der Waals surface area contributed by atoms with Crippen LogP contribution in [0.2, 0.25) is 0 Å². The molecule has 0 radical (unpaired) electrons. The van der Waals surface area contributed by atoms with Gasteiger partial charge >= 0.3 is 0 Å². The first-order valence-corrected chi connectivity index (χ1v) is 8.51. The first kappa shape index (κ1) is 18.0. The van der Waals surface area contributed by atoms with Gasteiger partial charge in [0, 0.05) is 38.2 Å². The number of nitrogens with zero attached hydrogens (tertiary/aromatic N) is 2. The van der Waals surface area contributed by atoms with Gasteiger partial charge in [-0.1, -0.05) is 0 Å². The molecular formula is C18H20F2N4O2. The lowest BCUT2D eigenvalue weighted by atomic mass is 9.94. The highest BCUT2D eigenvalue weighted by Gasteiger charge is 2.22. The molecule has 1 unspecified atom stereocenters. The van der Waals surface area contributed by atoms with Gasteiger partial charge in [0.05, 0.1) is 11.9 Å². The van der Waals surface area contributed by atoms with Gasteiger partial charge in [0.1, 0.15) is 11.6 Å². The van der Waals surface area contributed by atoms with Crippen LogP contribution >= 0.6 is 0 Å². The number of piperidine rings is 1. The zero-order valence-electron chi connectivity index (χ0n) is 14.2. The second-order valence-corrected chi connectivity index (χ2v) is 6.52. The van der Waals surface area contributed by atoms with Crippen LogP contribution in [0.3, 0.4) is 0 Å². The fraction of sp³-hybridized carbons (Fsp3) is 0.389. The molecule has 1 aromatic heterocycles. The smallest absolute Gasteiger partial charge is 0.266 e. The number of hydrogen-bond acceptors (Lipinski definition) is 4. The molecule has 2 aromatic rings. The summed E-state index contributed by atoms with van der Waals surface area (Å²) < 4.78 is 26.3. The minimum Gasteiger partial charge on any atom is -0.370 e. The number of hydrogen-bond donors (Lipinski definition) is 2. The van der Waals surface area contributed by atoms with Gasteiger partial charge in [-0.15, -0.1) is 0 Å². The summed E-state index contributed by atoms with van der Waals surface area (Å²) in [7, 11) is 0. The largest absolute Gasteiger partial charge is 0.370 e. The average molecular weight is 362 g/mol. The SMILES string of the molecule is O=C(CC1CCCN(c2cn[nH]c(=O)c2)C1)NCc1cc(F)cc(F)c1. The highest BCUT2D eigenvalue weighted by molar-refractivity contribution is 5.76. The molecule has 1 aliphatic heterocycles. The summed E-state index contributed by atoms with van der Waals surface area (Å²) in [4.78, 5) is 25.6. The molecule has 1 amide bonds. The average Bonchev–Trinajstić information content (AvgIpc) is 2.59. The molecule has 1 aliphatic rings. The summed E-state index contributed by atoms with van der Waals surface area (Å²) in [6.45, 7) is 1.56. The van der Waals surface area contributed by atoms with Gasteiger partial charge in [0.15, 0.2) is 0 Å². The van der Waals surface area contributed by atoms with Gasteiger partial charge in [-0.25, -0.2) is 13.9 Å². The Hall–Kier alpha value is -2.77. The van der Waals surface area contributed by atoms with Gasteiger partial charge < -0.3 is 10.2 Å². The van der Waals surface area contributed by atoms with E-state index in [1.807, 2.05) is 4.90 Å². The van der Waals surface area contributed by atoms with Crippen molar-refractivity contribution < 1.29 is 13.6 Å². The fourth-order valence-corrected chi connectivity index (χ4v) is 3.25. The molecule has 26 heavy (non-hydrogen) atoms. The van der Waals surface area contributed by atoms with Crippen LogP contribution in [0.5, 0.6) is 0 Å². The first-order valence-electron chi connectivity index (χ1n) is 8.51. The summed E-state index contributed by atoms with van der Waals surface area (Å²) >= 11 is 0. The Morgan fingerprint density at radius 1 is 1.27 bits per heavy atom. The van der Waals surface area contributed by atoms with E-state index in [0.717, 1.165) is 31.1 Å². The quantitative estimate of drug-likeness (QED) is 0.853. The highest BCUT2D eigenvalue weighted by Crippen LogP contribution is 2.23. The molecule has 6 nitrogen and oxygen atoms in total. The van der Waals surface area contributed by atoms with E-state index < -0.39 is 11.6 Å². The molecule has 1 fully saturated rings. The number of halogens is 2.